The van der Waals surface area contributed by atoms with Crippen molar-refractivity contribution in [2.24, 2.45) is 0 Å². The quantitative estimate of drug-likeness (QED) is 0.472. The fraction of sp³-hybridized carbons (Fsp3) is 0.533. The molecule has 10 heteroatoms. The molecule has 2 aromatic heterocycles. The molecule has 4 rings (SSSR count). The van der Waals surface area contributed by atoms with Gasteiger partial charge in [0.05, 0.1) is 11.7 Å². The molecule has 2 aromatic rings. The van der Waals surface area contributed by atoms with Crippen molar-refractivity contribution in [2.45, 2.75) is 48.1 Å². The number of rotatable bonds is 5. The molecule has 1 N–H and O–H groups in total. The Balaban J connectivity index is 1.48. The Morgan fingerprint density at radius 1 is 1.40 bits per heavy atom. The zero-order valence-corrected chi connectivity index (χ0v) is 16.1. The van der Waals surface area contributed by atoms with Gasteiger partial charge in [-0.25, -0.2) is 4.98 Å². The summed E-state index contributed by atoms with van der Waals surface area (Å²) in [4.78, 5) is 29.7. The highest BCUT2D eigenvalue weighted by Crippen LogP contribution is 2.34. The topological polar surface area (TPSA) is 89.8 Å². The molecule has 0 aromatic carbocycles. The summed E-state index contributed by atoms with van der Waals surface area (Å²) < 4.78 is 2.56. The van der Waals surface area contributed by atoms with Crippen molar-refractivity contribution in [3.63, 3.8) is 0 Å². The number of nitrogens with one attached hydrogen (secondary N) is 1. The molecule has 0 spiro atoms. The second-order valence-electron chi connectivity index (χ2n) is 5.87. The van der Waals surface area contributed by atoms with E-state index in [0.29, 0.717) is 10.9 Å². The van der Waals surface area contributed by atoms with E-state index in [0.717, 1.165) is 45.8 Å². The largest absolute Gasteiger partial charge is 0.300 e. The minimum Gasteiger partial charge on any atom is -0.300 e. The molecular formula is C15H17N5O2S3. The summed E-state index contributed by atoms with van der Waals surface area (Å²) in [7, 11) is 0. The second-order valence-corrected chi connectivity index (χ2v) is 9.35. The van der Waals surface area contributed by atoms with Crippen LogP contribution in [0.2, 0.25) is 0 Å². The van der Waals surface area contributed by atoms with Crippen LogP contribution in [0.5, 0.6) is 0 Å². The zero-order chi connectivity index (χ0) is 17.4. The van der Waals surface area contributed by atoms with Crippen molar-refractivity contribution in [1.29, 1.82) is 0 Å². The zero-order valence-electron chi connectivity index (χ0n) is 13.7. The fourth-order valence-corrected chi connectivity index (χ4v) is 5.95. The molecule has 0 saturated heterocycles. The van der Waals surface area contributed by atoms with E-state index in [1.54, 1.807) is 28.1 Å². The first-order chi connectivity index (χ1) is 12.2. The first-order valence-corrected chi connectivity index (χ1v) is 11.0. The molecule has 1 unspecified atom stereocenters. The normalized spacial score (nSPS) is 18.2. The van der Waals surface area contributed by atoms with E-state index < -0.39 is 0 Å². The number of nitrogens with zero attached hydrogens (tertiary/aromatic N) is 4. The van der Waals surface area contributed by atoms with Crippen LogP contribution in [0.15, 0.2) is 14.3 Å². The number of thioether (sulfide) groups is 2. The number of hydrogen-bond acceptors (Lipinski definition) is 8. The van der Waals surface area contributed by atoms with Gasteiger partial charge in [-0.3, -0.25) is 14.2 Å². The van der Waals surface area contributed by atoms with Crippen LogP contribution in [0.3, 0.4) is 0 Å². The first-order valence-electron chi connectivity index (χ1n) is 8.19. The summed E-state index contributed by atoms with van der Waals surface area (Å²) in [5.74, 6) is 1.47. The van der Waals surface area contributed by atoms with E-state index >= 15 is 0 Å². The fourth-order valence-electron chi connectivity index (χ4n) is 3.13. The molecule has 132 valence electrons. The van der Waals surface area contributed by atoms with Crippen molar-refractivity contribution < 1.29 is 4.79 Å². The third kappa shape index (κ3) is 3.34. The Labute approximate surface area is 157 Å². The molecule has 1 atom stereocenters. The van der Waals surface area contributed by atoms with Crippen LogP contribution >= 0.6 is 34.9 Å². The highest BCUT2D eigenvalue weighted by atomic mass is 32.2. The van der Waals surface area contributed by atoms with E-state index in [2.05, 4.69) is 20.5 Å². The summed E-state index contributed by atoms with van der Waals surface area (Å²) in [5.41, 5.74) is 1.82. The average Bonchev–Trinajstić information content (AvgIpc) is 3.29. The standard InChI is InChI=1S/C15H17N5O2S3/c1-2-23-15-19-18-13(25-15)17-11(21)6-8-7-24-14-16-10-5-3-4-9(10)12(22)20(8)14/h8H,2-7H2,1H3,(H,17,18,21). The van der Waals surface area contributed by atoms with Crippen molar-refractivity contribution >= 4 is 45.9 Å². The lowest BCUT2D eigenvalue weighted by molar-refractivity contribution is -0.116. The number of aromatic nitrogens is 4. The van der Waals surface area contributed by atoms with Gasteiger partial charge in [0.1, 0.15) is 0 Å². The molecule has 0 radical (unpaired) electrons. The lowest BCUT2D eigenvalue weighted by atomic mass is 10.2. The van der Waals surface area contributed by atoms with E-state index in [9.17, 15) is 9.59 Å². The predicted molar refractivity (Wildman–Crippen MR) is 99.8 cm³/mol. The van der Waals surface area contributed by atoms with Gasteiger partial charge in [-0.15, -0.1) is 10.2 Å². The highest BCUT2D eigenvalue weighted by molar-refractivity contribution is 8.01. The van der Waals surface area contributed by atoms with Crippen LogP contribution in [-0.2, 0) is 17.6 Å². The molecule has 2 aliphatic rings. The minimum absolute atomic E-state index is 0.0397. The summed E-state index contributed by atoms with van der Waals surface area (Å²) in [6.07, 6.45) is 2.93. The van der Waals surface area contributed by atoms with Crippen LogP contribution in [0.4, 0.5) is 5.13 Å². The predicted octanol–water partition coefficient (Wildman–Crippen LogP) is 2.37. The van der Waals surface area contributed by atoms with E-state index in [-0.39, 0.29) is 23.9 Å². The maximum Gasteiger partial charge on any atom is 0.257 e. The summed E-state index contributed by atoms with van der Waals surface area (Å²) in [6.45, 7) is 2.04. The molecule has 3 heterocycles. The third-order valence-corrected chi connectivity index (χ3v) is 7.17. The Hall–Kier alpha value is -1.39. The molecule has 0 bridgehead atoms. The molecule has 0 saturated carbocycles. The Morgan fingerprint density at radius 3 is 3.12 bits per heavy atom. The van der Waals surface area contributed by atoms with Crippen LogP contribution in [0, 0.1) is 0 Å². The monoisotopic (exact) mass is 395 g/mol. The third-order valence-electron chi connectivity index (χ3n) is 4.21. The Bertz CT molecular complexity index is 879. The Morgan fingerprint density at radius 2 is 2.28 bits per heavy atom. The average molecular weight is 396 g/mol. The second kappa shape index (κ2) is 7.08. The lowest BCUT2D eigenvalue weighted by Gasteiger charge is -2.13. The molecule has 0 fully saturated rings. The number of amides is 1. The molecular weight excluding hydrogens is 378 g/mol. The number of anilines is 1. The van der Waals surface area contributed by atoms with Gasteiger partial charge >= 0.3 is 0 Å². The van der Waals surface area contributed by atoms with E-state index in [1.807, 2.05) is 6.92 Å². The Kier molecular flexibility index (Phi) is 4.83. The summed E-state index contributed by atoms with van der Waals surface area (Å²) >= 11 is 4.53. The molecule has 7 nitrogen and oxygen atoms in total. The van der Waals surface area contributed by atoms with Gasteiger partial charge in [0, 0.05) is 17.7 Å². The van der Waals surface area contributed by atoms with Crippen molar-refractivity contribution in [3.05, 3.63) is 21.6 Å². The van der Waals surface area contributed by atoms with Crippen LogP contribution in [0.1, 0.15) is 37.1 Å². The van der Waals surface area contributed by atoms with Crippen LogP contribution in [0.25, 0.3) is 0 Å². The molecule has 1 amide bonds. The van der Waals surface area contributed by atoms with Crippen LogP contribution < -0.4 is 10.9 Å². The van der Waals surface area contributed by atoms with Gasteiger partial charge < -0.3 is 5.32 Å². The number of carbonyl (C=O) groups is 1. The van der Waals surface area contributed by atoms with Gasteiger partial charge in [0.25, 0.3) is 5.56 Å². The molecule has 1 aliphatic carbocycles. The SMILES string of the molecule is CCSc1nnc(NC(=O)CC2CSc3nc4c(c(=O)n32)CCC4)s1. The number of carbonyl (C=O) groups excluding carboxylic acids is 1. The lowest BCUT2D eigenvalue weighted by Crippen LogP contribution is -2.30. The van der Waals surface area contributed by atoms with Crippen molar-refractivity contribution in [1.82, 2.24) is 19.7 Å². The molecule has 1 aliphatic heterocycles. The van der Waals surface area contributed by atoms with Gasteiger partial charge in [-0.05, 0) is 25.0 Å². The maximum absolute atomic E-state index is 12.7. The van der Waals surface area contributed by atoms with Crippen molar-refractivity contribution in [2.75, 3.05) is 16.8 Å². The van der Waals surface area contributed by atoms with E-state index in [1.165, 1.54) is 11.3 Å². The molecule has 25 heavy (non-hydrogen) atoms. The summed E-state index contributed by atoms with van der Waals surface area (Å²) in [6, 6.07) is -0.150. The summed E-state index contributed by atoms with van der Waals surface area (Å²) in [5, 5.41) is 12.1. The number of aryl methyl sites for hydroxylation is 1. The van der Waals surface area contributed by atoms with Crippen LogP contribution in [-0.4, -0.2) is 37.2 Å². The van der Waals surface area contributed by atoms with Gasteiger partial charge in [-0.1, -0.05) is 41.8 Å². The van der Waals surface area contributed by atoms with Gasteiger partial charge in [-0.2, -0.15) is 0 Å². The smallest absolute Gasteiger partial charge is 0.257 e. The van der Waals surface area contributed by atoms with Crippen molar-refractivity contribution in [3.8, 4) is 0 Å². The minimum atomic E-state index is -0.150. The van der Waals surface area contributed by atoms with Gasteiger partial charge in [0.15, 0.2) is 9.50 Å². The number of fused-ring (bicyclic) bond motifs is 2. The number of hydrogen-bond donors (Lipinski definition) is 1. The first kappa shape index (κ1) is 17.0. The maximum atomic E-state index is 12.7. The highest BCUT2D eigenvalue weighted by Gasteiger charge is 2.31. The van der Waals surface area contributed by atoms with E-state index in [4.69, 9.17) is 0 Å². The van der Waals surface area contributed by atoms with Gasteiger partial charge in [0.2, 0.25) is 11.0 Å².